The second-order valence-electron chi connectivity index (χ2n) is 4.04. The molecule has 1 fully saturated rings. The van der Waals surface area contributed by atoms with E-state index in [0.717, 1.165) is 37.0 Å². The number of hydrogen-bond acceptors (Lipinski definition) is 5. The number of aromatic nitrogens is 2. The highest BCUT2D eigenvalue weighted by Gasteiger charge is 2.13. The van der Waals surface area contributed by atoms with E-state index in [1.165, 1.54) is 11.3 Å². The largest absolute Gasteiger partial charge is 0.379 e. The molecule has 2 aromatic heterocycles. The molecule has 5 nitrogen and oxygen atoms in total. The number of rotatable bonds is 2. The number of fused-ring (bicyclic) bond motifs is 1. The van der Waals surface area contributed by atoms with Gasteiger partial charge in [-0.25, -0.2) is 4.98 Å². The summed E-state index contributed by atoms with van der Waals surface area (Å²) in [5, 5.41) is 2.58. The van der Waals surface area contributed by atoms with Gasteiger partial charge in [0.15, 0.2) is 0 Å². The molecular formula is C11H13N3O2S. The Morgan fingerprint density at radius 3 is 3.12 bits per heavy atom. The lowest BCUT2D eigenvalue weighted by atomic mass is 10.3. The predicted octanol–water partition coefficient (Wildman–Crippen LogP) is 0.817. The lowest BCUT2D eigenvalue weighted by Crippen LogP contribution is -2.36. The first-order chi connectivity index (χ1) is 8.33. The van der Waals surface area contributed by atoms with Gasteiger partial charge in [0.2, 0.25) is 0 Å². The minimum absolute atomic E-state index is 0.0421. The van der Waals surface area contributed by atoms with Crippen LogP contribution in [-0.4, -0.2) is 41.2 Å². The standard InChI is InChI=1S/C11H13N3O2S/c15-10-8-1-6-17-11(8)13-9(12-10)7-14-2-4-16-5-3-14/h1,6H,2-5,7H2,(H,12,13,15). The summed E-state index contributed by atoms with van der Waals surface area (Å²) in [6, 6.07) is 1.81. The van der Waals surface area contributed by atoms with Gasteiger partial charge >= 0.3 is 0 Å². The fourth-order valence-corrected chi connectivity index (χ4v) is 2.74. The Kier molecular flexibility index (Phi) is 2.92. The van der Waals surface area contributed by atoms with Crippen LogP contribution in [0.3, 0.4) is 0 Å². The topological polar surface area (TPSA) is 58.2 Å². The summed E-state index contributed by atoms with van der Waals surface area (Å²) >= 11 is 1.50. The Morgan fingerprint density at radius 2 is 2.29 bits per heavy atom. The zero-order chi connectivity index (χ0) is 11.7. The molecule has 2 aromatic rings. The Hall–Kier alpha value is -1.24. The lowest BCUT2D eigenvalue weighted by molar-refractivity contribution is 0.0331. The van der Waals surface area contributed by atoms with Crippen molar-refractivity contribution in [2.24, 2.45) is 0 Å². The Labute approximate surface area is 102 Å². The van der Waals surface area contributed by atoms with Crippen LogP contribution in [0.1, 0.15) is 5.82 Å². The second kappa shape index (κ2) is 4.56. The zero-order valence-corrected chi connectivity index (χ0v) is 10.1. The summed E-state index contributed by atoms with van der Waals surface area (Å²) in [6.07, 6.45) is 0. The molecule has 3 heterocycles. The molecule has 0 unspecified atom stereocenters. The maximum Gasteiger partial charge on any atom is 0.259 e. The van der Waals surface area contributed by atoms with Gasteiger partial charge in [-0.1, -0.05) is 0 Å². The van der Waals surface area contributed by atoms with Crippen molar-refractivity contribution in [1.82, 2.24) is 14.9 Å². The van der Waals surface area contributed by atoms with Gasteiger partial charge in [0, 0.05) is 13.1 Å². The molecule has 17 heavy (non-hydrogen) atoms. The third-order valence-corrected chi connectivity index (χ3v) is 3.67. The maximum atomic E-state index is 11.8. The maximum absolute atomic E-state index is 11.8. The number of thiophene rings is 1. The Balaban J connectivity index is 1.87. The van der Waals surface area contributed by atoms with Crippen LogP contribution in [0.25, 0.3) is 10.2 Å². The summed E-state index contributed by atoms with van der Waals surface area (Å²) in [5.74, 6) is 0.742. The lowest BCUT2D eigenvalue weighted by Gasteiger charge is -2.25. The monoisotopic (exact) mass is 251 g/mol. The van der Waals surface area contributed by atoms with Crippen molar-refractivity contribution in [2.45, 2.75) is 6.54 Å². The van der Waals surface area contributed by atoms with Crippen LogP contribution in [0.15, 0.2) is 16.2 Å². The predicted molar refractivity (Wildman–Crippen MR) is 66.3 cm³/mol. The molecule has 3 rings (SSSR count). The number of H-pyrrole nitrogens is 1. The van der Waals surface area contributed by atoms with Crippen LogP contribution in [0.5, 0.6) is 0 Å². The summed E-state index contributed by atoms with van der Waals surface area (Å²) in [4.78, 5) is 22.1. The molecule has 6 heteroatoms. The van der Waals surface area contributed by atoms with E-state index in [4.69, 9.17) is 4.74 Å². The molecule has 0 radical (unpaired) electrons. The molecule has 90 valence electrons. The highest BCUT2D eigenvalue weighted by Crippen LogP contribution is 2.14. The highest BCUT2D eigenvalue weighted by atomic mass is 32.1. The Bertz CT molecular complexity index is 571. The third-order valence-electron chi connectivity index (χ3n) is 2.86. The minimum atomic E-state index is -0.0421. The van der Waals surface area contributed by atoms with Crippen molar-refractivity contribution in [2.75, 3.05) is 26.3 Å². The van der Waals surface area contributed by atoms with E-state index >= 15 is 0 Å². The number of morpholine rings is 1. The molecule has 0 aromatic carbocycles. The van der Waals surface area contributed by atoms with Crippen molar-refractivity contribution in [3.8, 4) is 0 Å². The molecule has 0 aliphatic carbocycles. The van der Waals surface area contributed by atoms with E-state index in [1.807, 2.05) is 11.4 Å². The number of nitrogens with zero attached hydrogens (tertiary/aromatic N) is 2. The van der Waals surface area contributed by atoms with E-state index < -0.39 is 0 Å². The van der Waals surface area contributed by atoms with E-state index in [1.54, 1.807) is 0 Å². The fraction of sp³-hybridized carbons (Fsp3) is 0.455. The van der Waals surface area contributed by atoms with Crippen LogP contribution < -0.4 is 5.56 Å². The SMILES string of the molecule is O=c1[nH]c(CN2CCOCC2)nc2sccc12. The number of nitrogens with one attached hydrogen (secondary N) is 1. The summed E-state index contributed by atoms with van der Waals surface area (Å²) in [5.41, 5.74) is -0.0421. The van der Waals surface area contributed by atoms with E-state index in [2.05, 4.69) is 14.9 Å². The van der Waals surface area contributed by atoms with Gasteiger partial charge in [-0.15, -0.1) is 11.3 Å². The van der Waals surface area contributed by atoms with Gasteiger partial charge in [-0.3, -0.25) is 9.69 Å². The van der Waals surface area contributed by atoms with Gasteiger partial charge in [0.25, 0.3) is 5.56 Å². The average Bonchev–Trinajstić information content (AvgIpc) is 2.79. The van der Waals surface area contributed by atoms with Crippen molar-refractivity contribution in [3.05, 3.63) is 27.6 Å². The first-order valence-corrected chi connectivity index (χ1v) is 6.47. The molecule has 1 saturated heterocycles. The van der Waals surface area contributed by atoms with Crippen molar-refractivity contribution < 1.29 is 4.74 Å². The van der Waals surface area contributed by atoms with Crippen LogP contribution in [0, 0.1) is 0 Å². The summed E-state index contributed by atoms with van der Waals surface area (Å²) in [6.45, 7) is 3.99. The van der Waals surface area contributed by atoms with E-state index in [9.17, 15) is 4.79 Å². The fourth-order valence-electron chi connectivity index (χ4n) is 1.96. The molecule has 0 atom stereocenters. The van der Waals surface area contributed by atoms with E-state index in [0.29, 0.717) is 11.9 Å². The van der Waals surface area contributed by atoms with Crippen LogP contribution in [0.4, 0.5) is 0 Å². The minimum Gasteiger partial charge on any atom is -0.379 e. The molecule has 0 bridgehead atoms. The normalized spacial score (nSPS) is 17.6. The molecule has 1 N–H and O–H groups in total. The van der Waals surface area contributed by atoms with Crippen LogP contribution in [-0.2, 0) is 11.3 Å². The molecule has 0 amide bonds. The zero-order valence-electron chi connectivity index (χ0n) is 9.31. The van der Waals surface area contributed by atoms with Crippen molar-refractivity contribution in [3.63, 3.8) is 0 Å². The molecule has 0 saturated carbocycles. The average molecular weight is 251 g/mol. The number of aromatic amines is 1. The number of ether oxygens (including phenoxy) is 1. The van der Waals surface area contributed by atoms with Gasteiger partial charge < -0.3 is 9.72 Å². The van der Waals surface area contributed by atoms with Gasteiger partial charge in [-0.05, 0) is 11.4 Å². The molecule has 1 aliphatic rings. The van der Waals surface area contributed by atoms with Gasteiger partial charge in [-0.2, -0.15) is 0 Å². The van der Waals surface area contributed by atoms with Crippen molar-refractivity contribution in [1.29, 1.82) is 0 Å². The van der Waals surface area contributed by atoms with Crippen LogP contribution in [0.2, 0.25) is 0 Å². The molecule has 0 spiro atoms. The van der Waals surface area contributed by atoms with Gasteiger partial charge in [0.1, 0.15) is 10.7 Å². The van der Waals surface area contributed by atoms with E-state index in [-0.39, 0.29) is 5.56 Å². The van der Waals surface area contributed by atoms with Crippen molar-refractivity contribution >= 4 is 21.6 Å². The Morgan fingerprint density at radius 1 is 1.47 bits per heavy atom. The first-order valence-electron chi connectivity index (χ1n) is 5.59. The molecule has 1 aliphatic heterocycles. The summed E-state index contributed by atoms with van der Waals surface area (Å²) < 4.78 is 5.29. The van der Waals surface area contributed by atoms with Crippen LogP contribution >= 0.6 is 11.3 Å². The number of hydrogen-bond donors (Lipinski definition) is 1. The van der Waals surface area contributed by atoms with Gasteiger partial charge in [0.05, 0.1) is 25.1 Å². The molecular weight excluding hydrogens is 238 g/mol. The second-order valence-corrected chi connectivity index (χ2v) is 4.94. The first kappa shape index (κ1) is 10.9. The quantitative estimate of drug-likeness (QED) is 0.858. The third kappa shape index (κ3) is 2.24. The smallest absolute Gasteiger partial charge is 0.259 e. The summed E-state index contributed by atoms with van der Waals surface area (Å²) in [7, 11) is 0. The highest BCUT2D eigenvalue weighted by molar-refractivity contribution is 7.16.